The molecule has 1 aromatic rings. The zero-order valence-corrected chi connectivity index (χ0v) is 10.2. The van der Waals surface area contributed by atoms with Crippen LogP contribution >= 0.6 is 11.6 Å². The van der Waals surface area contributed by atoms with Crippen molar-refractivity contribution in [2.75, 3.05) is 36.9 Å². The van der Waals surface area contributed by atoms with Gasteiger partial charge in [-0.05, 0) is 25.4 Å². The number of nitrogens with two attached hydrogens (primary N) is 1. The summed E-state index contributed by atoms with van der Waals surface area (Å²) in [6, 6.07) is 0. The predicted molar refractivity (Wildman–Crippen MR) is 63.6 cm³/mol. The van der Waals surface area contributed by atoms with Gasteiger partial charge < -0.3 is 15.4 Å². The number of nitrogen functional groups attached to an aromatic ring is 1. The number of halogens is 1. The zero-order chi connectivity index (χ0) is 12.0. The molecule has 90 valence electrons. The number of likely N-dealkylation sites (N-methyl/N-ethyl adjacent to an activating group) is 1. The van der Waals surface area contributed by atoms with Crippen molar-refractivity contribution < 1.29 is 4.74 Å². The molecule has 6 nitrogen and oxygen atoms in total. The fraction of sp³-hybridized carbons (Fsp3) is 0.667. The van der Waals surface area contributed by atoms with Crippen LogP contribution < -0.4 is 10.6 Å². The Labute approximate surface area is 99.8 Å². The van der Waals surface area contributed by atoms with Crippen LogP contribution in [0.5, 0.6) is 0 Å². The lowest BCUT2D eigenvalue weighted by atomic mass is 10.5. The van der Waals surface area contributed by atoms with Crippen LogP contribution in [0, 0.1) is 0 Å². The van der Waals surface area contributed by atoms with Gasteiger partial charge in [0.1, 0.15) is 0 Å². The summed E-state index contributed by atoms with van der Waals surface area (Å²) in [6.45, 7) is 6.72. The highest BCUT2D eigenvalue weighted by Gasteiger charge is 2.09. The molecular formula is C9H16ClN5O. The molecule has 0 radical (unpaired) electrons. The van der Waals surface area contributed by atoms with E-state index in [1.807, 2.05) is 18.7 Å². The number of anilines is 2. The SMILES string of the molecule is CCOCCN(CC)c1nc(N)nc(Cl)n1. The fourth-order valence-corrected chi connectivity index (χ4v) is 1.38. The Kier molecular flexibility index (Phi) is 5.21. The molecule has 16 heavy (non-hydrogen) atoms. The minimum absolute atomic E-state index is 0.109. The molecule has 1 rings (SSSR count). The fourth-order valence-electron chi connectivity index (χ4n) is 1.21. The van der Waals surface area contributed by atoms with Crippen LogP contribution in [0.4, 0.5) is 11.9 Å². The van der Waals surface area contributed by atoms with E-state index in [-0.39, 0.29) is 11.2 Å². The zero-order valence-electron chi connectivity index (χ0n) is 9.48. The van der Waals surface area contributed by atoms with E-state index >= 15 is 0 Å². The molecule has 0 spiro atoms. The van der Waals surface area contributed by atoms with E-state index in [9.17, 15) is 0 Å². The van der Waals surface area contributed by atoms with E-state index in [4.69, 9.17) is 22.1 Å². The number of hydrogen-bond acceptors (Lipinski definition) is 6. The predicted octanol–water partition coefficient (Wildman–Crippen LogP) is 0.970. The first-order valence-corrected chi connectivity index (χ1v) is 5.54. The maximum atomic E-state index is 5.71. The summed E-state index contributed by atoms with van der Waals surface area (Å²) < 4.78 is 5.27. The van der Waals surface area contributed by atoms with Crippen molar-refractivity contribution in [3.05, 3.63) is 5.28 Å². The second-order valence-corrected chi connectivity index (χ2v) is 3.38. The van der Waals surface area contributed by atoms with Crippen molar-refractivity contribution in [1.29, 1.82) is 0 Å². The number of nitrogens with zero attached hydrogens (tertiary/aromatic N) is 4. The number of hydrogen-bond donors (Lipinski definition) is 1. The molecule has 2 N–H and O–H groups in total. The Bertz CT molecular complexity index is 315. The van der Waals surface area contributed by atoms with Gasteiger partial charge in [-0.15, -0.1) is 0 Å². The maximum Gasteiger partial charge on any atom is 0.231 e. The van der Waals surface area contributed by atoms with Gasteiger partial charge >= 0.3 is 0 Å². The van der Waals surface area contributed by atoms with Crippen LogP contribution in [0.15, 0.2) is 0 Å². The topological polar surface area (TPSA) is 77.2 Å². The molecule has 0 saturated carbocycles. The van der Waals surface area contributed by atoms with Crippen LogP contribution in [0.3, 0.4) is 0 Å². The van der Waals surface area contributed by atoms with Gasteiger partial charge in [-0.25, -0.2) is 0 Å². The summed E-state index contributed by atoms with van der Waals surface area (Å²) in [7, 11) is 0. The largest absolute Gasteiger partial charge is 0.380 e. The summed E-state index contributed by atoms with van der Waals surface area (Å²) in [5.41, 5.74) is 5.50. The lowest BCUT2D eigenvalue weighted by Gasteiger charge is -2.20. The number of aromatic nitrogens is 3. The van der Waals surface area contributed by atoms with Crippen LogP contribution in [0.1, 0.15) is 13.8 Å². The monoisotopic (exact) mass is 245 g/mol. The Morgan fingerprint density at radius 2 is 2.06 bits per heavy atom. The van der Waals surface area contributed by atoms with E-state index in [1.54, 1.807) is 0 Å². The average molecular weight is 246 g/mol. The van der Waals surface area contributed by atoms with Crippen molar-refractivity contribution in [2.24, 2.45) is 0 Å². The van der Waals surface area contributed by atoms with E-state index in [0.29, 0.717) is 25.7 Å². The molecule has 1 heterocycles. The Balaban J connectivity index is 2.70. The van der Waals surface area contributed by atoms with Crippen molar-refractivity contribution in [3.63, 3.8) is 0 Å². The highest BCUT2D eigenvalue weighted by atomic mass is 35.5. The first-order valence-electron chi connectivity index (χ1n) is 5.17. The smallest absolute Gasteiger partial charge is 0.231 e. The summed E-state index contributed by atoms with van der Waals surface area (Å²) in [4.78, 5) is 13.7. The van der Waals surface area contributed by atoms with Gasteiger partial charge in [0.15, 0.2) is 0 Å². The van der Waals surface area contributed by atoms with Gasteiger partial charge in [0.05, 0.1) is 6.61 Å². The van der Waals surface area contributed by atoms with Gasteiger partial charge in [0.25, 0.3) is 0 Å². The molecule has 0 aliphatic rings. The van der Waals surface area contributed by atoms with Crippen LogP contribution in [-0.4, -0.2) is 41.3 Å². The molecule has 0 saturated heterocycles. The van der Waals surface area contributed by atoms with Crippen molar-refractivity contribution in [1.82, 2.24) is 15.0 Å². The molecule has 0 aliphatic carbocycles. The number of ether oxygens (including phenoxy) is 1. The molecule has 0 amide bonds. The Morgan fingerprint density at radius 3 is 2.62 bits per heavy atom. The molecule has 0 bridgehead atoms. The molecular weight excluding hydrogens is 230 g/mol. The highest BCUT2D eigenvalue weighted by molar-refractivity contribution is 6.28. The summed E-state index contributed by atoms with van der Waals surface area (Å²) >= 11 is 5.71. The van der Waals surface area contributed by atoms with Crippen molar-refractivity contribution >= 4 is 23.5 Å². The summed E-state index contributed by atoms with van der Waals surface area (Å²) in [5.74, 6) is 0.615. The Hall–Kier alpha value is -1.14. The van der Waals surface area contributed by atoms with Crippen molar-refractivity contribution in [3.8, 4) is 0 Å². The molecule has 0 fully saturated rings. The summed E-state index contributed by atoms with van der Waals surface area (Å²) in [5, 5.41) is 0.109. The first kappa shape index (κ1) is 12.9. The van der Waals surface area contributed by atoms with Gasteiger partial charge in [-0.3, -0.25) is 0 Å². The van der Waals surface area contributed by atoms with Crippen molar-refractivity contribution in [2.45, 2.75) is 13.8 Å². The molecule has 0 atom stereocenters. The molecule has 0 aromatic carbocycles. The van der Waals surface area contributed by atoms with Crippen LogP contribution in [0.2, 0.25) is 5.28 Å². The van der Waals surface area contributed by atoms with Gasteiger partial charge in [0, 0.05) is 19.7 Å². The van der Waals surface area contributed by atoms with E-state index in [0.717, 1.165) is 6.54 Å². The maximum absolute atomic E-state index is 5.71. The lowest BCUT2D eigenvalue weighted by molar-refractivity contribution is 0.153. The third kappa shape index (κ3) is 3.79. The standard InChI is InChI=1S/C9H16ClN5O/c1-3-15(5-6-16-4-2)9-13-7(10)12-8(11)14-9/h3-6H2,1-2H3,(H2,11,12,13,14). The van der Waals surface area contributed by atoms with E-state index < -0.39 is 0 Å². The molecule has 0 unspecified atom stereocenters. The first-order chi connectivity index (χ1) is 7.67. The van der Waals surface area contributed by atoms with Gasteiger partial charge in [-0.2, -0.15) is 15.0 Å². The second kappa shape index (κ2) is 6.44. The summed E-state index contributed by atoms with van der Waals surface area (Å²) in [6.07, 6.45) is 0. The average Bonchev–Trinajstić information content (AvgIpc) is 2.23. The third-order valence-electron chi connectivity index (χ3n) is 1.99. The molecule has 1 aromatic heterocycles. The Morgan fingerprint density at radius 1 is 1.31 bits per heavy atom. The minimum Gasteiger partial charge on any atom is -0.380 e. The third-order valence-corrected chi connectivity index (χ3v) is 2.16. The van der Waals surface area contributed by atoms with E-state index in [2.05, 4.69) is 15.0 Å². The van der Waals surface area contributed by atoms with Crippen LogP contribution in [-0.2, 0) is 4.74 Å². The molecule has 0 aliphatic heterocycles. The van der Waals surface area contributed by atoms with Gasteiger partial charge in [-0.1, -0.05) is 0 Å². The minimum atomic E-state index is 0.109. The normalized spacial score (nSPS) is 10.4. The van der Waals surface area contributed by atoms with Gasteiger partial charge in [0.2, 0.25) is 17.2 Å². The lowest BCUT2D eigenvalue weighted by Crippen LogP contribution is -2.29. The molecule has 7 heteroatoms. The number of rotatable bonds is 6. The second-order valence-electron chi connectivity index (χ2n) is 3.04. The van der Waals surface area contributed by atoms with E-state index in [1.165, 1.54) is 0 Å². The van der Waals surface area contributed by atoms with Crippen LogP contribution in [0.25, 0.3) is 0 Å². The quantitative estimate of drug-likeness (QED) is 0.753. The highest BCUT2D eigenvalue weighted by Crippen LogP contribution is 2.11.